The topological polar surface area (TPSA) is 56.1 Å². The lowest BCUT2D eigenvalue weighted by atomic mass is 10.1. The minimum atomic E-state index is -0.130. The number of amides is 1. The third-order valence-corrected chi connectivity index (χ3v) is 4.37. The number of nitrogens with zero attached hydrogens (tertiary/aromatic N) is 2. The summed E-state index contributed by atoms with van der Waals surface area (Å²) < 4.78 is 0. The molecule has 0 heterocycles. The first-order chi connectivity index (χ1) is 12.5. The molecule has 5 heteroatoms. The van der Waals surface area contributed by atoms with Gasteiger partial charge in [0.25, 0.3) is 0 Å². The molecular formula is C21H18ClN3O. The number of nitrogens with one attached hydrogen (secondary N) is 1. The lowest BCUT2D eigenvalue weighted by molar-refractivity contribution is -0.117. The first kappa shape index (κ1) is 17.9. The molecule has 0 radical (unpaired) electrons. The Balaban J connectivity index is 1.60. The van der Waals surface area contributed by atoms with E-state index in [1.165, 1.54) is 10.8 Å². The van der Waals surface area contributed by atoms with Crippen molar-refractivity contribution >= 4 is 34.0 Å². The Kier molecular flexibility index (Phi) is 5.52. The lowest BCUT2D eigenvalue weighted by Gasteiger charge is -2.17. The maximum Gasteiger partial charge on any atom is 0.238 e. The Morgan fingerprint density at radius 2 is 1.88 bits per heavy atom. The van der Waals surface area contributed by atoms with Gasteiger partial charge in [0, 0.05) is 12.2 Å². The van der Waals surface area contributed by atoms with Crippen molar-refractivity contribution in [2.24, 2.45) is 0 Å². The fourth-order valence-electron chi connectivity index (χ4n) is 2.83. The smallest absolute Gasteiger partial charge is 0.238 e. The van der Waals surface area contributed by atoms with Crippen molar-refractivity contribution < 1.29 is 4.79 Å². The summed E-state index contributed by atoms with van der Waals surface area (Å²) in [5.41, 5.74) is 2.12. The average molecular weight is 364 g/mol. The van der Waals surface area contributed by atoms with Crippen LogP contribution >= 0.6 is 11.6 Å². The number of hydrogen-bond acceptors (Lipinski definition) is 3. The first-order valence-electron chi connectivity index (χ1n) is 8.21. The number of anilines is 1. The Bertz CT molecular complexity index is 994. The van der Waals surface area contributed by atoms with E-state index in [0.717, 1.165) is 5.56 Å². The van der Waals surface area contributed by atoms with Crippen molar-refractivity contribution in [3.63, 3.8) is 0 Å². The van der Waals surface area contributed by atoms with Gasteiger partial charge in [0.15, 0.2) is 0 Å². The molecule has 26 heavy (non-hydrogen) atoms. The third-order valence-electron chi connectivity index (χ3n) is 4.05. The number of rotatable bonds is 5. The largest absolute Gasteiger partial charge is 0.325 e. The first-order valence-corrected chi connectivity index (χ1v) is 8.58. The van der Waals surface area contributed by atoms with Gasteiger partial charge in [-0.15, -0.1) is 0 Å². The van der Waals surface area contributed by atoms with Gasteiger partial charge in [-0.2, -0.15) is 5.26 Å². The quantitative estimate of drug-likeness (QED) is 0.729. The van der Waals surface area contributed by atoms with Gasteiger partial charge in [-0.3, -0.25) is 9.69 Å². The molecule has 0 atom stereocenters. The fraction of sp³-hybridized carbons (Fsp3) is 0.143. The predicted molar refractivity (Wildman–Crippen MR) is 105 cm³/mol. The molecule has 3 rings (SSSR count). The second-order valence-corrected chi connectivity index (χ2v) is 6.62. The van der Waals surface area contributed by atoms with E-state index in [1.54, 1.807) is 18.2 Å². The Labute approximate surface area is 157 Å². The van der Waals surface area contributed by atoms with E-state index in [1.807, 2.05) is 30.1 Å². The van der Waals surface area contributed by atoms with E-state index >= 15 is 0 Å². The van der Waals surface area contributed by atoms with Gasteiger partial charge in [-0.05, 0) is 47.6 Å². The molecule has 0 aliphatic carbocycles. The third kappa shape index (κ3) is 4.40. The summed E-state index contributed by atoms with van der Waals surface area (Å²) in [7, 11) is 1.90. The van der Waals surface area contributed by atoms with Crippen LogP contribution in [0, 0.1) is 11.3 Å². The molecule has 1 N–H and O–H groups in total. The standard InChI is InChI=1S/C21H18ClN3O/c1-25(13-15-6-7-16-4-2-3-5-17(16)10-15)14-21(26)24-19-9-8-18(12-23)20(22)11-19/h2-11H,13-14H2,1H3,(H,24,26). The van der Waals surface area contributed by atoms with E-state index < -0.39 is 0 Å². The second kappa shape index (κ2) is 8.01. The highest BCUT2D eigenvalue weighted by Crippen LogP contribution is 2.20. The van der Waals surface area contributed by atoms with E-state index in [0.29, 0.717) is 22.8 Å². The van der Waals surface area contributed by atoms with Crippen LogP contribution in [-0.2, 0) is 11.3 Å². The highest BCUT2D eigenvalue weighted by molar-refractivity contribution is 6.32. The summed E-state index contributed by atoms with van der Waals surface area (Å²) in [6.45, 7) is 0.927. The van der Waals surface area contributed by atoms with Crippen LogP contribution in [-0.4, -0.2) is 24.4 Å². The normalized spacial score (nSPS) is 10.7. The van der Waals surface area contributed by atoms with Gasteiger partial charge in [0.2, 0.25) is 5.91 Å². The molecular weight excluding hydrogens is 346 g/mol. The minimum Gasteiger partial charge on any atom is -0.325 e. The predicted octanol–water partition coefficient (Wildman–Crippen LogP) is 4.44. The van der Waals surface area contributed by atoms with Crippen molar-refractivity contribution in [1.82, 2.24) is 4.90 Å². The Hall–Kier alpha value is -2.87. The second-order valence-electron chi connectivity index (χ2n) is 6.21. The molecule has 0 fully saturated rings. The van der Waals surface area contributed by atoms with E-state index in [9.17, 15) is 4.79 Å². The number of halogens is 1. The lowest BCUT2D eigenvalue weighted by Crippen LogP contribution is -2.29. The number of fused-ring (bicyclic) bond motifs is 1. The number of carbonyl (C=O) groups is 1. The van der Waals surface area contributed by atoms with Gasteiger partial charge in [-0.25, -0.2) is 0 Å². The monoisotopic (exact) mass is 363 g/mol. The molecule has 0 aliphatic rings. The van der Waals surface area contributed by atoms with E-state index in [-0.39, 0.29) is 12.5 Å². The van der Waals surface area contributed by atoms with Crippen LogP contribution in [0.4, 0.5) is 5.69 Å². The molecule has 0 saturated carbocycles. The number of benzene rings is 3. The summed E-state index contributed by atoms with van der Waals surface area (Å²) in [6.07, 6.45) is 0. The SMILES string of the molecule is CN(CC(=O)Nc1ccc(C#N)c(Cl)c1)Cc1ccc2ccccc2c1. The zero-order chi connectivity index (χ0) is 18.5. The molecule has 3 aromatic carbocycles. The molecule has 0 aromatic heterocycles. The summed E-state index contributed by atoms with van der Waals surface area (Å²) in [5, 5.41) is 14.4. The molecule has 0 spiro atoms. The molecule has 1 amide bonds. The van der Waals surface area contributed by atoms with E-state index in [2.05, 4.69) is 35.6 Å². The molecule has 130 valence electrons. The summed E-state index contributed by atoms with van der Waals surface area (Å²) in [5.74, 6) is -0.130. The van der Waals surface area contributed by atoms with Crippen LogP contribution in [0.1, 0.15) is 11.1 Å². The number of likely N-dealkylation sites (N-methyl/N-ethyl adjacent to an activating group) is 1. The molecule has 0 aliphatic heterocycles. The van der Waals surface area contributed by atoms with Crippen LogP contribution in [0.25, 0.3) is 10.8 Å². The van der Waals surface area contributed by atoms with Crippen LogP contribution in [0.3, 0.4) is 0 Å². The van der Waals surface area contributed by atoms with Gasteiger partial charge in [0.05, 0.1) is 17.1 Å². The molecule has 0 saturated heterocycles. The van der Waals surface area contributed by atoms with Gasteiger partial charge >= 0.3 is 0 Å². The highest BCUT2D eigenvalue weighted by atomic mass is 35.5. The molecule has 0 unspecified atom stereocenters. The Morgan fingerprint density at radius 3 is 2.62 bits per heavy atom. The highest BCUT2D eigenvalue weighted by Gasteiger charge is 2.09. The van der Waals surface area contributed by atoms with Crippen LogP contribution in [0.5, 0.6) is 0 Å². The van der Waals surface area contributed by atoms with E-state index in [4.69, 9.17) is 16.9 Å². The molecule has 3 aromatic rings. The fourth-order valence-corrected chi connectivity index (χ4v) is 3.06. The van der Waals surface area contributed by atoms with Crippen LogP contribution in [0.2, 0.25) is 5.02 Å². The van der Waals surface area contributed by atoms with Gasteiger partial charge < -0.3 is 5.32 Å². The van der Waals surface area contributed by atoms with Gasteiger partial charge in [0.1, 0.15) is 6.07 Å². The molecule has 4 nitrogen and oxygen atoms in total. The maximum absolute atomic E-state index is 12.2. The van der Waals surface area contributed by atoms with Crippen molar-refractivity contribution in [3.8, 4) is 6.07 Å². The minimum absolute atomic E-state index is 0.130. The molecule has 0 bridgehead atoms. The zero-order valence-corrected chi connectivity index (χ0v) is 15.1. The van der Waals surface area contributed by atoms with Crippen molar-refractivity contribution in [2.75, 3.05) is 18.9 Å². The summed E-state index contributed by atoms with van der Waals surface area (Å²) in [4.78, 5) is 14.2. The number of carbonyl (C=O) groups excluding carboxylic acids is 1. The van der Waals surface area contributed by atoms with Crippen molar-refractivity contribution in [3.05, 3.63) is 76.8 Å². The van der Waals surface area contributed by atoms with Crippen molar-refractivity contribution in [1.29, 1.82) is 5.26 Å². The zero-order valence-electron chi connectivity index (χ0n) is 14.4. The van der Waals surface area contributed by atoms with Gasteiger partial charge in [-0.1, -0.05) is 48.0 Å². The average Bonchev–Trinajstić information content (AvgIpc) is 2.61. The summed E-state index contributed by atoms with van der Waals surface area (Å²) >= 11 is 5.99. The van der Waals surface area contributed by atoms with Crippen LogP contribution in [0.15, 0.2) is 60.7 Å². The summed E-state index contributed by atoms with van der Waals surface area (Å²) in [6, 6.07) is 21.4. The van der Waals surface area contributed by atoms with Crippen LogP contribution < -0.4 is 5.32 Å². The van der Waals surface area contributed by atoms with Crippen molar-refractivity contribution in [2.45, 2.75) is 6.54 Å². The Morgan fingerprint density at radius 1 is 1.12 bits per heavy atom. The number of nitriles is 1. The number of hydrogen-bond donors (Lipinski definition) is 1. The maximum atomic E-state index is 12.2.